The van der Waals surface area contributed by atoms with Crippen molar-refractivity contribution in [1.82, 2.24) is 9.97 Å². The lowest BCUT2D eigenvalue weighted by Gasteiger charge is -2.00. The zero-order chi connectivity index (χ0) is 21.7. The Hall–Kier alpha value is -4.58. The summed E-state index contributed by atoms with van der Waals surface area (Å²) in [7, 11) is 0. The van der Waals surface area contributed by atoms with E-state index in [0.717, 1.165) is 44.5 Å². The second-order valence-corrected chi connectivity index (χ2v) is 7.65. The Bertz CT molecular complexity index is 1460. The molecule has 0 spiro atoms. The highest BCUT2D eigenvalue weighted by Gasteiger charge is 2.12. The third-order valence-electron chi connectivity index (χ3n) is 5.42. The van der Waals surface area contributed by atoms with E-state index in [4.69, 9.17) is 20.3 Å². The van der Waals surface area contributed by atoms with Gasteiger partial charge in [0.25, 0.3) is 0 Å². The summed E-state index contributed by atoms with van der Waals surface area (Å²) in [5.74, 6) is 1.13. The predicted molar refractivity (Wildman–Crippen MR) is 127 cm³/mol. The Morgan fingerprint density at radius 1 is 0.469 bits per heavy atom. The molecule has 2 heterocycles. The van der Waals surface area contributed by atoms with Crippen molar-refractivity contribution in [1.29, 1.82) is 0 Å². The molecular weight excluding hydrogens is 400 g/mol. The maximum Gasteiger partial charge on any atom is 0.227 e. The van der Waals surface area contributed by atoms with Crippen molar-refractivity contribution in [2.75, 3.05) is 11.5 Å². The van der Waals surface area contributed by atoms with E-state index in [0.29, 0.717) is 23.2 Å². The molecular formula is C26H18N4O2. The summed E-state index contributed by atoms with van der Waals surface area (Å²) in [5.41, 5.74) is 19.8. The highest BCUT2D eigenvalue weighted by Crippen LogP contribution is 2.32. The van der Waals surface area contributed by atoms with Gasteiger partial charge in [-0.25, -0.2) is 9.97 Å². The van der Waals surface area contributed by atoms with E-state index in [1.807, 2.05) is 84.9 Å². The molecule has 6 nitrogen and oxygen atoms in total. The number of rotatable bonds is 3. The first kappa shape index (κ1) is 18.2. The van der Waals surface area contributed by atoms with Gasteiger partial charge in [-0.3, -0.25) is 0 Å². The molecule has 6 rings (SSSR count). The first-order chi connectivity index (χ1) is 15.6. The maximum absolute atomic E-state index is 6.02. The monoisotopic (exact) mass is 418 g/mol. The predicted octanol–water partition coefficient (Wildman–Crippen LogP) is 6.13. The average molecular weight is 418 g/mol. The van der Waals surface area contributed by atoms with Gasteiger partial charge in [0.15, 0.2) is 11.2 Å². The standard InChI is InChI=1S/C26H18N4O2/c27-19-7-1-15(2-8-19)25-29-21-11-5-18(14-24(21)32-25)17-6-12-23-22(13-17)30-26(31-23)16-3-9-20(28)10-4-16/h1-14H,27-28H2. The molecule has 0 radical (unpaired) electrons. The molecule has 0 unspecified atom stereocenters. The fourth-order valence-electron chi connectivity index (χ4n) is 3.71. The fraction of sp³-hybridized carbons (Fsp3) is 0. The molecule has 0 saturated heterocycles. The second kappa shape index (κ2) is 6.99. The first-order valence-electron chi connectivity index (χ1n) is 10.2. The normalized spacial score (nSPS) is 11.4. The number of fused-ring (bicyclic) bond motifs is 2. The van der Waals surface area contributed by atoms with E-state index in [2.05, 4.69) is 9.97 Å². The maximum atomic E-state index is 6.02. The number of oxazole rings is 2. The summed E-state index contributed by atoms with van der Waals surface area (Å²) >= 11 is 0. The third-order valence-corrected chi connectivity index (χ3v) is 5.42. The van der Waals surface area contributed by atoms with Crippen molar-refractivity contribution in [3.05, 3.63) is 84.9 Å². The molecule has 0 aliphatic heterocycles. The number of nitrogens with zero attached hydrogens (tertiary/aromatic N) is 2. The zero-order valence-electron chi connectivity index (χ0n) is 16.9. The van der Waals surface area contributed by atoms with E-state index >= 15 is 0 Å². The SMILES string of the molecule is Nc1ccc(-c2nc3cc(-c4ccc5nc(-c6ccc(N)cc6)oc5c4)ccc3o2)cc1. The number of hydrogen-bond donors (Lipinski definition) is 2. The molecule has 2 aromatic heterocycles. The van der Waals surface area contributed by atoms with Gasteiger partial charge in [0.2, 0.25) is 11.8 Å². The number of anilines is 2. The molecule has 6 heteroatoms. The molecule has 4 N–H and O–H groups in total. The van der Waals surface area contributed by atoms with Crippen molar-refractivity contribution >= 4 is 33.6 Å². The summed E-state index contributed by atoms with van der Waals surface area (Å²) < 4.78 is 11.9. The lowest BCUT2D eigenvalue weighted by atomic mass is 10.0. The number of nitrogens with two attached hydrogens (primary N) is 2. The molecule has 32 heavy (non-hydrogen) atoms. The Kier molecular flexibility index (Phi) is 3.98. The summed E-state index contributed by atoms with van der Waals surface area (Å²) in [6.07, 6.45) is 0. The van der Waals surface area contributed by atoms with E-state index in [-0.39, 0.29) is 0 Å². The van der Waals surface area contributed by atoms with Crippen LogP contribution in [0.3, 0.4) is 0 Å². The van der Waals surface area contributed by atoms with Crippen molar-refractivity contribution < 1.29 is 8.83 Å². The second-order valence-electron chi connectivity index (χ2n) is 7.65. The molecule has 0 fully saturated rings. The van der Waals surface area contributed by atoms with Gasteiger partial charge >= 0.3 is 0 Å². The number of hydrogen-bond acceptors (Lipinski definition) is 6. The first-order valence-corrected chi connectivity index (χ1v) is 10.2. The number of aromatic nitrogens is 2. The van der Waals surface area contributed by atoms with Crippen LogP contribution in [0.15, 0.2) is 93.8 Å². The van der Waals surface area contributed by atoms with Gasteiger partial charge in [0.1, 0.15) is 11.0 Å². The lowest BCUT2D eigenvalue weighted by Crippen LogP contribution is -1.83. The highest BCUT2D eigenvalue weighted by atomic mass is 16.4. The molecule has 0 bridgehead atoms. The minimum absolute atomic E-state index is 0.566. The van der Waals surface area contributed by atoms with Crippen LogP contribution in [0.5, 0.6) is 0 Å². The molecule has 0 aliphatic rings. The quantitative estimate of drug-likeness (QED) is 0.335. The Labute approximate surface area is 183 Å². The van der Waals surface area contributed by atoms with E-state index in [1.165, 1.54) is 0 Å². The van der Waals surface area contributed by atoms with Gasteiger partial charge in [-0.15, -0.1) is 0 Å². The van der Waals surface area contributed by atoms with Crippen LogP contribution in [0.1, 0.15) is 0 Å². The summed E-state index contributed by atoms with van der Waals surface area (Å²) in [4.78, 5) is 9.26. The zero-order valence-corrected chi connectivity index (χ0v) is 16.9. The molecule has 6 aromatic rings. The Balaban J connectivity index is 1.37. The van der Waals surface area contributed by atoms with Gasteiger partial charge < -0.3 is 20.3 Å². The van der Waals surface area contributed by atoms with Crippen LogP contribution in [0.2, 0.25) is 0 Å². The van der Waals surface area contributed by atoms with Crippen molar-refractivity contribution in [3.8, 4) is 34.0 Å². The number of benzene rings is 4. The van der Waals surface area contributed by atoms with Crippen LogP contribution in [0.4, 0.5) is 11.4 Å². The summed E-state index contributed by atoms with van der Waals surface area (Å²) in [6, 6.07) is 26.9. The lowest BCUT2D eigenvalue weighted by molar-refractivity contribution is 0.619. The van der Waals surface area contributed by atoms with E-state index in [9.17, 15) is 0 Å². The van der Waals surface area contributed by atoms with Gasteiger partial charge in [0.05, 0.1) is 0 Å². The molecule has 0 atom stereocenters. The van der Waals surface area contributed by atoms with Gasteiger partial charge in [-0.1, -0.05) is 12.1 Å². The largest absolute Gasteiger partial charge is 0.436 e. The minimum atomic E-state index is 0.566. The van der Waals surface area contributed by atoms with Crippen LogP contribution in [-0.4, -0.2) is 9.97 Å². The van der Waals surface area contributed by atoms with Crippen molar-refractivity contribution in [3.63, 3.8) is 0 Å². The summed E-state index contributed by atoms with van der Waals surface area (Å²) in [5, 5.41) is 0. The minimum Gasteiger partial charge on any atom is -0.436 e. The van der Waals surface area contributed by atoms with Gasteiger partial charge in [-0.05, 0) is 83.9 Å². The van der Waals surface area contributed by atoms with Gasteiger partial charge in [0, 0.05) is 22.5 Å². The Morgan fingerprint density at radius 2 is 0.969 bits per heavy atom. The topological polar surface area (TPSA) is 104 Å². The van der Waals surface area contributed by atoms with Crippen LogP contribution < -0.4 is 11.5 Å². The molecule has 0 aliphatic carbocycles. The fourth-order valence-corrected chi connectivity index (χ4v) is 3.71. The van der Waals surface area contributed by atoms with Crippen molar-refractivity contribution in [2.45, 2.75) is 0 Å². The van der Waals surface area contributed by atoms with Gasteiger partial charge in [-0.2, -0.15) is 0 Å². The smallest absolute Gasteiger partial charge is 0.227 e. The van der Waals surface area contributed by atoms with E-state index in [1.54, 1.807) is 0 Å². The average Bonchev–Trinajstić information content (AvgIpc) is 3.43. The molecule has 4 aromatic carbocycles. The molecule has 0 amide bonds. The number of nitrogen functional groups attached to an aromatic ring is 2. The van der Waals surface area contributed by atoms with Crippen molar-refractivity contribution in [2.24, 2.45) is 0 Å². The summed E-state index contributed by atoms with van der Waals surface area (Å²) in [6.45, 7) is 0. The van der Waals surface area contributed by atoms with Crippen LogP contribution in [-0.2, 0) is 0 Å². The third kappa shape index (κ3) is 3.15. The molecule has 0 saturated carbocycles. The van der Waals surface area contributed by atoms with Crippen LogP contribution >= 0.6 is 0 Å². The molecule has 154 valence electrons. The Morgan fingerprint density at radius 3 is 1.62 bits per heavy atom. The highest BCUT2D eigenvalue weighted by molar-refractivity contribution is 5.86. The van der Waals surface area contributed by atoms with E-state index < -0.39 is 0 Å². The van der Waals surface area contributed by atoms with Crippen LogP contribution in [0, 0.1) is 0 Å². The van der Waals surface area contributed by atoms with Crippen LogP contribution in [0.25, 0.3) is 56.2 Å².